The summed E-state index contributed by atoms with van der Waals surface area (Å²) in [4.78, 5) is 5.34. The van der Waals surface area contributed by atoms with Crippen LogP contribution >= 0.6 is 0 Å². The second kappa shape index (κ2) is 5.48. The topological polar surface area (TPSA) is 18.5 Å². The standard InChI is InChI=1S/C13H27N3/c1-4-13(11(2)3)16-9-12(10-16)15-7-5-14-6-8-15/h11-14H,4-10H2,1-3H3. The molecule has 0 radical (unpaired) electrons. The zero-order valence-corrected chi connectivity index (χ0v) is 11.1. The van der Waals surface area contributed by atoms with Gasteiger partial charge < -0.3 is 5.32 Å². The van der Waals surface area contributed by atoms with E-state index in [0.717, 1.165) is 18.0 Å². The molecule has 3 nitrogen and oxygen atoms in total. The molecular formula is C13H27N3. The van der Waals surface area contributed by atoms with Gasteiger partial charge in [-0.05, 0) is 12.3 Å². The molecule has 0 spiro atoms. The second-order valence-corrected chi connectivity index (χ2v) is 5.61. The van der Waals surface area contributed by atoms with Crippen molar-refractivity contribution in [2.75, 3.05) is 39.3 Å². The summed E-state index contributed by atoms with van der Waals surface area (Å²) in [6.07, 6.45) is 1.30. The van der Waals surface area contributed by atoms with Crippen molar-refractivity contribution >= 4 is 0 Å². The Morgan fingerprint density at radius 1 is 1.19 bits per heavy atom. The van der Waals surface area contributed by atoms with Crippen LogP contribution in [0.25, 0.3) is 0 Å². The lowest BCUT2D eigenvalue weighted by atomic mass is 9.94. The van der Waals surface area contributed by atoms with Crippen LogP contribution in [0.5, 0.6) is 0 Å². The van der Waals surface area contributed by atoms with E-state index in [0.29, 0.717) is 0 Å². The molecule has 94 valence electrons. The highest BCUT2D eigenvalue weighted by Gasteiger charge is 2.36. The largest absolute Gasteiger partial charge is 0.314 e. The lowest BCUT2D eigenvalue weighted by molar-refractivity contribution is -0.0139. The molecule has 2 aliphatic heterocycles. The molecule has 0 aromatic heterocycles. The van der Waals surface area contributed by atoms with Crippen molar-refractivity contribution in [3.05, 3.63) is 0 Å². The first-order valence-electron chi connectivity index (χ1n) is 6.91. The molecule has 3 heteroatoms. The summed E-state index contributed by atoms with van der Waals surface area (Å²) < 4.78 is 0. The van der Waals surface area contributed by atoms with Gasteiger partial charge in [-0.15, -0.1) is 0 Å². The lowest BCUT2D eigenvalue weighted by Crippen LogP contribution is -2.65. The van der Waals surface area contributed by atoms with E-state index in [-0.39, 0.29) is 0 Å². The molecule has 16 heavy (non-hydrogen) atoms. The minimum absolute atomic E-state index is 0.800. The van der Waals surface area contributed by atoms with Gasteiger partial charge >= 0.3 is 0 Å². The monoisotopic (exact) mass is 225 g/mol. The highest BCUT2D eigenvalue weighted by atomic mass is 15.3. The van der Waals surface area contributed by atoms with Gasteiger partial charge in [-0.2, -0.15) is 0 Å². The molecule has 0 bridgehead atoms. The molecule has 2 saturated heterocycles. The molecule has 0 aromatic carbocycles. The third-order valence-electron chi connectivity index (χ3n) is 4.22. The summed E-state index contributed by atoms with van der Waals surface area (Å²) in [5, 5.41) is 3.43. The Bertz CT molecular complexity index is 205. The van der Waals surface area contributed by atoms with Crippen LogP contribution in [0.4, 0.5) is 0 Å². The van der Waals surface area contributed by atoms with E-state index in [2.05, 4.69) is 35.9 Å². The summed E-state index contributed by atoms with van der Waals surface area (Å²) in [6.45, 7) is 14.5. The molecule has 1 unspecified atom stereocenters. The quantitative estimate of drug-likeness (QED) is 0.770. The van der Waals surface area contributed by atoms with Crippen molar-refractivity contribution in [2.45, 2.75) is 39.3 Å². The van der Waals surface area contributed by atoms with Crippen molar-refractivity contribution < 1.29 is 0 Å². The summed E-state index contributed by atoms with van der Waals surface area (Å²) in [5.74, 6) is 0.800. The third kappa shape index (κ3) is 2.58. The maximum absolute atomic E-state index is 3.43. The van der Waals surface area contributed by atoms with Crippen LogP contribution in [0, 0.1) is 5.92 Å². The fraction of sp³-hybridized carbons (Fsp3) is 1.00. The predicted molar refractivity (Wildman–Crippen MR) is 68.7 cm³/mol. The van der Waals surface area contributed by atoms with Crippen LogP contribution in [-0.4, -0.2) is 61.2 Å². The molecule has 1 N–H and O–H groups in total. The van der Waals surface area contributed by atoms with E-state index in [9.17, 15) is 0 Å². The van der Waals surface area contributed by atoms with Crippen LogP contribution in [0.2, 0.25) is 0 Å². The van der Waals surface area contributed by atoms with Crippen molar-refractivity contribution in [3.8, 4) is 0 Å². The molecule has 1 atom stereocenters. The molecule has 0 aliphatic carbocycles. The number of rotatable bonds is 4. The van der Waals surface area contributed by atoms with Gasteiger partial charge in [-0.1, -0.05) is 20.8 Å². The predicted octanol–water partition coefficient (Wildman–Crippen LogP) is 1.01. The van der Waals surface area contributed by atoms with Gasteiger partial charge in [0.2, 0.25) is 0 Å². The SMILES string of the molecule is CCC(C(C)C)N1CC(N2CCNCC2)C1. The molecule has 2 aliphatic rings. The van der Waals surface area contributed by atoms with Crippen molar-refractivity contribution in [3.63, 3.8) is 0 Å². The first-order chi connectivity index (χ1) is 7.72. The van der Waals surface area contributed by atoms with Gasteiger partial charge in [0.25, 0.3) is 0 Å². The molecule has 2 fully saturated rings. The highest BCUT2D eigenvalue weighted by Crippen LogP contribution is 2.23. The summed E-state index contributed by atoms with van der Waals surface area (Å²) in [7, 11) is 0. The Labute approximate surface area is 100 Å². The van der Waals surface area contributed by atoms with Gasteiger partial charge in [-0.25, -0.2) is 0 Å². The average molecular weight is 225 g/mol. The smallest absolute Gasteiger partial charge is 0.0351 e. The minimum Gasteiger partial charge on any atom is -0.314 e. The summed E-state index contributed by atoms with van der Waals surface area (Å²) >= 11 is 0. The Kier molecular flexibility index (Phi) is 4.22. The van der Waals surface area contributed by atoms with Crippen LogP contribution < -0.4 is 5.32 Å². The van der Waals surface area contributed by atoms with Crippen molar-refractivity contribution in [1.29, 1.82) is 0 Å². The Morgan fingerprint density at radius 2 is 1.81 bits per heavy atom. The third-order valence-corrected chi connectivity index (χ3v) is 4.22. The Morgan fingerprint density at radius 3 is 2.31 bits per heavy atom. The fourth-order valence-electron chi connectivity index (χ4n) is 3.19. The number of piperazine rings is 1. The zero-order valence-electron chi connectivity index (χ0n) is 11.1. The minimum atomic E-state index is 0.800. The Balaban J connectivity index is 1.75. The second-order valence-electron chi connectivity index (χ2n) is 5.61. The van der Waals surface area contributed by atoms with Crippen LogP contribution in [0.1, 0.15) is 27.2 Å². The number of nitrogens with zero attached hydrogens (tertiary/aromatic N) is 2. The van der Waals surface area contributed by atoms with Gasteiger partial charge in [-0.3, -0.25) is 9.80 Å². The normalized spacial score (nSPS) is 27.0. The molecule has 2 rings (SSSR count). The molecular weight excluding hydrogens is 198 g/mol. The van der Waals surface area contributed by atoms with Gasteiger partial charge in [0.15, 0.2) is 0 Å². The average Bonchev–Trinajstić information content (AvgIpc) is 2.23. The first kappa shape index (κ1) is 12.3. The first-order valence-corrected chi connectivity index (χ1v) is 6.91. The molecule has 0 saturated carbocycles. The maximum Gasteiger partial charge on any atom is 0.0351 e. The zero-order chi connectivity index (χ0) is 11.5. The molecule has 2 heterocycles. The van der Waals surface area contributed by atoms with Crippen molar-refractivity contribution in [2.24, 2.45) is 5.92 Å². The number of likely N-dealkylation sites (tertiary alicyclic amines) is 1. The van der Waals surface area contributed by atoms with Crippen LogP contribution in [0.3, 0.4) is 0 Å². The summed E-state index contributed by atoms with van der Waals surface area (Å²) in [6, 6.07) is 1.65. The van der Waals surface area contributed by atoms with Gasteiger partial charge in [0.05, 0.1) is 0 Å². The number of hydrogen-bond donors (Lipinski definition) is 1. The highest BCUT2D eigenvalue weighted by molar-refractivity contribution is 4.93. The van der Waals surface area contributed by atoms with E-state index >= 15 is 0 Å². The van der Waals surface area contributed by atoms with E-state index in [1.807, 2.05) is 0 Å². The van der Waals surface area contributed by atoms with Gasteiger partial charge in [0.1, 0.15) is 0 Å². The van der Waals surface area contributed by atoms with E-state index in [4.69, 9.17) is 0 Å². The van der Waals surface area contributed by atoms with E-state index in [1.165, 1.54) is 45.7 Å². The van der Waals surface area contributed by atoms with E-state index in [1.54, 1.807) is 0 Å². The van der Waals surface area contributed by atoms with Crippen LogP contribution in [-0.2, 0) is 0 Å². The Hall–Kier alpha value is -0.120. The summed E-state index contributed by atoms with van der Waals surface area (Å²) in [5.41, 5.74) is 0. The molecule has 0 amide bonds. The van der Waals surface area contributed by atoms with Crippen molar-refractivity contribution in [1.82, 2.24) is 15.1 Å². The van der Waals surface area contributed by atoms with Crippen LogP contribution in [0.15, 0.2) is 0 Å². The van der Waals surface area contributed by atoms with E-state index < -0.39 is 0 Å². The number of hydrogen-bond acceptors (Lipinski definition) is 3. The maximum atomic E-state index is 3.43. The van der Waals surface area contributed by atoms with Gasteiger partial charge in [0, 0.05) is 51.4 Å². The molecule has 0 aromatic rings. The lowest BCUT2D eigenvalue weighted by Gasteiger charge is -2.50. The number of nitrogens with one attached hydrogen (secondary N) is 1. The fourth-order valence-corrected chi connectivity index (χ4v) is 3.19.